The number of alkyl halides is 3. The van der Waals surface area contributed by atoms with Gasteiger partial charge in [0.05, 0.1) is 11.2 Å². The average molecular weight is 290 g/mol. The van der Waals surface area contributed by atoms with E-state index in [0.717, 1.165) is 25.0 Å². The van der Waals surface area contributed by atoms with Crippen LogP contribution in [0.25, 0.3) is 0 Å². The molecule has 1 fully saturated rings. The molecule has 1 N–H and O–H groups in total. The highest BCUT2D eigenvalue weighted by Gasteiger charge is 2.42. The minimum atomic E-state index is -4.75. The zero-order valence-electron chi connectivity index (χ0n) is 11.5. The second kappa shape index (κ2) is 5.02. The number of hydrogen-bond acceptors (Lipinski definition) is 1. The quantitative estimate of drug-likeness (QED) is 0.756. The fourth-order valence-electron chi connectivity index (χ4n) is 3.07. The Bertz CT molecular complexity index is 497. The molecule has 3 unspecified atom stereocenters. The molecule has 1 saturated carbocycles. The monoisotopic (exact) mass is 290 g/mol. The Labute approximate surface area is 115 Å². The molecule has 0 radical (unpaired) electrons. The fraction of sp³-hybridized carbons (Fsp3) is 0.600. The fourth-order valence-corrected chi connectivity index (χ4v) is 3.07. The number of aliphatic hydroxyl groups is 1. The summed E-state index contributed by atoms with van der Waals surface area (Å²) in [5.41, 5.74) is -2.46. The first kappa shape index (κ1) is 15.3. The van der Waals surface area contributed by atoms with Gasteiger partial charge >= 0.3 is 6.18 Å². The SMILES string of the molecule is CC1CCC(O)(c2ccc(F)c(C(F)(F)F)c2)C(C)C1. The van der Waals surface area contributed by atoms with E-state index in [1.54, 1.807) is 0 Å². The van der Waals surface area contributed by atoms with E-state index in [1.807, 2.05) is 6.92 Å². The van der Waals surface area contributed by atoms with Gasteiger partial charge in [0.1, 0.15) is 5.82 Å². The van der Waals surface area contributed by atoms with Crippen LogP contribution in [0.15, 0.2) is 18.2 Å². The van der Waals surface area contributed by atoms with Crippen molar-refractivity contribution in [2.75, 3.05) is 0 Å². The molecule has 0 spiro atoms. The van der Waals surface area contributed by atoms with Gasteiger partial charge in [-0.05, 0) is 48.8 Å². The van der Waals surface area contributed by atoms with Crippen LogP contribution in [0.5, 0.6) is 0 Å². The van der Waals surface area contributed by atoms with Crippen LogP contribution < -0.4 is 0 Å². The summed E-state index contributed by atoms with van der Waals surface area (Å²) in [5, 5.41) is 10.7. The summed E-state index contributed by atoms with van der Waals surface area (Å²) in [6.45, 7) is 3.88. The Kier molecular flexibility index (Phi) is 3.84. The topological polar surface area (TPSA) is 20.2 Å². The van der Waals surface area contributed by atoms with Crippen LogP contribution in [0.1, 0.15) is 44.2 Å². The molecule has 3 atom stereocenters. The van der Waals surface area contributed by atoms with Gasteiger partial charge < -0.3 is 5.11 Å². The van der Waals surface area contributed by atoms with E-state index in [0.29, 0.717) is 12.3 Å². The number of hydrogen-bond donors (Lipinski definition) is 1. The molecule has 1 aromatic rings. The summed E-state index contributed by atoms with van der Waals surface area (Å²) in [6, 6.07) is 2.81. The van der Waals surface area contributed by atoms with Crippen LogP contribution in [0.3, 0.4) is 0 Å². The second-order valence-electron chi connectivity index (χ2n) is 5.90. The van der Waals surface area contributed by atoms with E-state index < -0.39 is 23.2 Å². The lowest BCUT2D eigenvalue weighted by atomic mass is 9.69. The molecule has 1 aliphatic rings. The third-order valence-electron chi connectivity index (χ3n) is 4.36. The van der Waals surface area contributed by atoms with Gasteiger partial charge in [-0.3, -0.25) is 0 Å². The van der Waals surface area contributed by atoms with Crippen LogP contribution >= 0.6 is 0 Å². The Morgan fingerprint density at radius 2 is 1.90 bits per heavy atom. The van der Waals surface area contributed by atoms with Crippen LogP contribution in [0.4, 0.5) is 17.6 Å². The Balaban J connectivity index is 2.43. The summed E-state index contributed by atoms with van der Waals surface area (Å²) in [5.74, 6) is -1.02. The molecule has 2 rings (SSSR count). The van der Waals surface area contributed by atoms with Crippen molar-refractivity contribution < 1.29 is 22.7 Å². The van der Waals surface area contributed by atoms with Gasteiger partial charge in [-0.15, -0.1) is 0 Å². The van der Waals surface area contributed by atoms with E-state index in [4.69, 9.17) is 0 Å². The zero-order valence-corrected chi connectivity index (χ0v) is 11.5. The van der Waals surface area contributed by atoms with Gasteiger partial charge in [0.15, 0.2) is 0 Å². The molecule has 5 heteroatoms. The molecule has 112 valence electrons. The standard InChI is InChI=1S/C15H18F4O/c1-9-5-6-14(20,10(2)7-9)11-3-4-13(16)12(8-11)15(17,18)19/h3-4,8-10,20H,5-7H2,1-2H3. The highest BCUT2D eigenvalue weighted by molar-refractivity contribution is 5.32. The van der Waals surface area contributed by atoms with Crippen molar-refractivity contribution in [3.05, 3.63) is 35.1 Å². The third-order valence-corrected chi connectivity index (χ3v) is 4.36. The lowest BCUT2D eigenvalue weighted by Crippen LogP contribution is -2.38. The molecule has 0 aliphatic heterocycles. The maximum atomic E-state index is 13.3. The molecule has 1 aliphatic carbocycles. The molecule has 1 nitrogen and oxygen atoms in total. The minimum absolute atomic E-state index is 0.155. The van der Waals surface area contributed by atoms with Crippen LogP contribution in [-0.4, -0.2) is 5.11 Å². The van der Waals surface area contributed by atoms with Crippen molar-refractivity contribution in [1.29, 1.82) is 0 Å². The highest BCUT2D eigenvalue weighted by atomic mass is 19.4. The third kappa shape index (κ3) is 2.68. The lowest BCUT2D eigenvalue weighted by molar-refractivity contribution is -0.140. The normalized spacial score (nSPS) is 31.4. The summed E-state index contributed by atoms with van der Waals surface area (Å²) >= 11 is 0. The van der Waals surface area contributed by atoms with Crippen molar-refractivity contribution in [2.24, 2.45) is 11.8 Å². The van der Waals surface area contributed by atoms with Crippen LogP contribution in [-0.2, 0) is 11.8 Å². The van der Waals surface area contributed by atoms with Gasteiger partial charge in [-0.1, -0.05) is 19.9 Å². The molecule has 1 aromatic carbocycles. The summed E-state index contributed by atoms with van der Waals surface area (Å²) in [7, 11) is 0. The van der Waals surface area contributed by atoms with E-state index in [-0.39, 0.29) is 11.5 Å². The minimum Gasteiger partial charge on any atom is -0.385 e. The number of halogens is 4. The first-order valence-corrected chi connectivity index (χ1v) is 6.74. The van der Waals surface area contributed by atoms with Gasteiger partial charge in [-0.25, -0.2) is 4.39 Å². The molecule has 0 amide bonds. The molecule has 20 heavy (non-hydrogen) atoms. The van der Waals surface area contributed by atoms with E-state index in [9.17, 15) is 22.7 Å². The van der Waals surface area contributed by atoms with Gasteiger partial charge in [0.25, 0.3) is 0 Å². The Morgan fingerprint density at radius 1 is 1.25 bits per heavy atom. The lowest BCUT2D eigenvalue weighted by Gasteiger charge is -2.41. The predicted molar refractivity (Wildman–Crippen MR) is 67.5 cm³/mol. The van der Waals surface area contributed by atoms with Gasteiger partial charge in [0, 0.05) is 0 Å². The van der Waals surface area contributed by atoms with Gasteiger partial charge in [-0.2, -0.15) is 13.2 Å². The zero-order chi connectivity index (χ0) is 15.1. The molecular weight excluding hydrogens is 272 g/mol. The molecule has 0 aromatic heterocycles. The van der Waals surface area contributed by atoms with Gasteiger partial charge in [0.2, 0.25) is 0 Å². The Morgan fingerprint density at radius 3 is 2.45 bits per heavy atom. The summed E-state index contributed by atoms with van der Waals surface area (Å²) < 4.78 is 51.6. The maximum Gasteiger partial charge on any atom is 0.419 e. The molecular formula is C15H18F4O. The number of benzene rings is 1. The van der Waals surface area contributed by atoms with Crippen LogP contribution in [0, 0.1) is 17.7 Å². The Hall–Kier alpha value is -1.10. The highest BCUT2D eigenvalue weighted by Crippen LogP contribution is 2.45. The van der Waals surface area contributed by atoms with Crippen molar-refractivity contribution in [3.8, 4) is 0 Å². The first-order chi connectivity index (χ1) is 9.14. The van der Waals surface area contributed by atoms with E-state index in [1.165, 1.54) is 6.07 Å². The summed E-state index contributed by atoms with van der Waals surface area (Å²) in [4.78, 5) is 0. The van der Waals surface area contributed by atoms with E-state index >= 15 is 0 Å². The first-order valence-electron chi connectivity index (χ1n) is 6.74. The second-order valence-corrected chi connectivity index (χ2v) is 5.90. The van der Waals surface area contributed by atoms with Crippen LogP contribution in [0.2, 0.25) is 0 Å². The molecule has 0 saturated heterocycles. The van der Waals surface area contributed by atoms with E-state index in [2.05, 4.69) is 6.92 Å². The van der Waals surface area contributed by atoms with Crippen molar-refractivity contribution in [1.82, 2.24) is 0 Å². The smallest absolute Gasteiger partial charge is 0.385 e. The van der Waals surface area contributed by atoms with Crippen molar-refractivity contribution in [3.63, 3.8) is 0 Å². The predicted octanol–water partition coefficient (Wildman–Crippen LogP) is 4.49. The number of rotatable bonds is 1. The summed E-state index contributed by atoms with van der Waals surface area (Å²) in [6.07, 6.45) is -2.85. The maximum absolute atomic E-state index is 13.3. The molecule has 0 bridgehead atoms. The molecule has 0 heterocycles. The van der Waals surface area contributed by atoms with Crippen molar-refractivity contribution >= 4 is 0 Å². The average Bonchev–Trinajstić information content (AvgIpc) is 2.33. The largest absolute Gasteiger partial charge is 0.419 e. The van der Waals surface area contributed by atoms with Crippen molar-refractivity contribution in [2.45, 2.75) is 44.9 Å².